The lowest BCUT2D eigenvalue weighted by Gasteiger charge is -2.32. The predicted molar refractivity (Wildman–Crippen MR) is 117 cm³/mol. The minimum atomic E-state index is -4.12. The van der Waals surface area contributed by atoms with Gasteiger partial charge in [0, 0.05) is 0 Å². The Balaban J connectivity index is 1.85. The molecule has 9 nitrogen and oxygen atoms in total. The van der Waals surface area contributed by atoms with E-state index in [4.69, 9.17) is 4.74 Å². The Morgan fingerprint density at radius 2 is 1.69 bits per heavy atom. The standard InChI is InChI=1S/C22H28N2O7S/c25-16-10-12-18(13-11-16)32(29,30)24-21(31-17-8-4-5-9-17)20(26)19(23-22(27)28)14-15-6-2-1-3-7-15/h1-3,6-7,10-13,17,19-21,23-26H,4-5,8-9,14H2,(H,27,28)/t19-,20+,21?/m0/s1. The Hall–Kier alpha value is -2.66. The first kappa shape index (κ1) is 24.0. The van der Waals surface area contributed by atoms with Crippen molar-refractivity contribution in [2.45, 2.75) is 61.5 Å². The van der Waals surface area contributed by atoms with Crippen LogP contribution in [0.25, 0.3) is 0 Å². The van der Waals surface area contributed by atoms with Gasteiger partial charge in [-0.3, -0.25) is 0 Å². The summed E-state index contributed by atoms with van der Waals surface area (Å²) in [7, 11) is -4.12. The number of aliphatic hydroxyl groups excluding tert-OH is 1. The van der Waals surface area contributed by atoms with Crippen molar-refractivity contribution in [3.63, 3.8) is 0 Å². The van der Waals surface area contributed by atoms with Crippen LogP contribution in [0.3, 0.4) is 0 Å². The minimum Gasteiger partial charge on any atom is -0.508 e. The van der Waals surface area contributed by atoms with E-state index in [0.29, 0.717) is 0 Å². The highest BCUT2D eigenvalue weighted by molar-refractivity contribution is 7.89. The van der Waals surface area contributed by atoms with Crippen molar-refractivity contribution in [2.75, 3.05) is 0 Å². The van der Waals surface area contributed by atoms with Crippen molar-refractivity contribution >= 4 is 16.1 Å². The van der Waals surface area contributed by atoms with Gasteiger partial charge in [0.05, 0.1) is 17.0 Å². The number of carboxylic acid groups (broad SMARTS) is 1. The molecular formula is C22H28N2O7S. The Kier molecular flexibility index (Phi) is 8.08. The average molecular weight is 465 g/mol. The van der Waals surface area contributed by atoms with Crippen molar-refractivity contribution in [3.05, 3.63) is 60.2 Å². The lowest BCUT2D eigenvalue weighted by Crippen LogP contribution is -2.56. The molecule has 0 aromatic heterocycles. The molecule has 0 spiro atoms. The summed E-state index contributed by atoms with van der Waals surface area (Å²) in [6, 6.07) is 12.9. The number of rotatable bonds is 10. The molecule has 0 radical (unpaired) electrons. The maximum atomic E-state index is 12.9. The van der Waals surface area contributed by atoms with Crippen LogP contribution >= 0.6 is 0 Å². The maximum Gasteiger partial charge on any atom is 0.404 e. The second-order valence-electron chi connectivity index (χ2n) is 7.81. The number of benzene rings is 2. The van der Waals surface area contributed by atoms with Gasteiger partial charge in [-0.25, -0.2) is 13.2 Å². The molecule has 5 N–H and O–H groups in total. The molecule has 1 saturated carbocycles. The summed E-state index contributed by atoms with van der Waals surface area (Å²) in [6.45, 7) is 0. The number of nitrogens with one attached hydrogen (secondary N) is 2. The quantitative estimate of drug-likeness (QED) is 0.339. The van der Waals surface area contributed by atoms with Crippen LogP contribution in [0.2, 0.25) is 0 Å². The summed E-state index contributed by atoms with van der Waals surface area (Å²) in [5.74, 6) is -0.0867. The van der Waals surface area contributed by atoms with Gasteiger partial charge in [0.15, 0.2) is 0 Å². The van der Waals surface area contributed by atoms with E-state index in [1.165, 1.54) is 24.3 Å². The Morgan fingerprint density at radius 1 is 1.06 bits per heavy atom. The molecule has 2 aromatic rings. The van der Waals surface area contributed by atoms with Gasteiger partial charge < -0.3 is 25.4 Å². The van der Waals surface area contributed by atoms with Gasteiger partial charge in [-0.2, -0.15) is 4.72 Å². The van der Waals surface area contributed by atoms with Crippen LogP contribution in [0.15, 0.2) is 59.5 Å². The van der Waals surface area contributed by atoms with Crippen LogP contribution in [0.4, 0.5) is 4.79 Å². The fraction of sp³-hybridized carbons (Fsp3) is 0.409. The van der Waals surface area contributed by atoms with E-state index in [-0.39, 0.29) is 23.2 Å². The van der Waals surface area contributed by atoms with E-state index in [9.17, 15) is 28.5 Å². The average Bonchev–Trinajstić information content (AvgIpc) is 3.26. The maximum absolute atomic E-state index is 12.9. The number of carbonyl (C=O) groups is 1. The van der Waals surface area contributed by atoms with Crippen LogP contribution in [0.1, 0.15) is 31.2 Å². The molecule has 3 atom stereocenters. The van der Waals surface area contributed by atoms with Gasteiger partial charge in [0.2, 0.25) is 10.0 Å². The van der Waals surface area contributed by atoms with Crippen LogP contribution in [0.5, 0.6) is 5.75 Å². The molecule has 0 bridgehead atoms. The fourth-order valence-corrected chi connectivity index (χ4v) is 4.88. The number of hydrogen-bond donors (Lipinski definition) is 5. The predicted octanol–water partition coefficient (Wildman–Crippen LogP) is 2.20. The SMILES string of the molecule is O=C(O)N[C@@H](Cc1ccccc1)[C@@H](O)C(NS(=O)(=O)c1ccc(O)cc1)OC1CCCC1. The second kappa shape index (κ2) is 10.8. The minimum absolute atomic E-state index is 0.0867. The lowest BCUT2D eigenvalue weighted by atomic mass is 10.0. The number of ether oxygens (including phenoxy) is 1. The fourth-order valence-electron chi connectivity index (χ4n) is 3.75. The Bertz CT molecular complexity index is 977. The topological polar surface area (TPSA) is 145 Å². The van der Waals surface area contributed by atoms with Crippen molar-refractivity contribution < 1.29 is 33.3 Å². The molecule has 32 heavy (non-hydrogen) atoms. The summed E-state index contributed by atoms with van der Waals surface area (Å²) < 4.78 is 34.1. The number of phenolic OH excluding ortho intramolecular Hbond substituents is 1. The van der Waals surface area contributed by atoms with Gasteiger partial charge in [-0.05, 0) is 49.1 Å². The molecular weight excluding hydrogens is 436 g/mol. The molecule has 0 aliphatic heterocycles. The van der Waals surface area contributed by atoms with Gasteiger partial charge in [-0.1, -0.05) is 43.2 Å². The van der Waals surface area contributed by atoms with Crippen molar-refractivity contribution in [3.8, 4) is 5.75 Å². The number of aromatic hydroxyl groups is 1. The first-order valence-corrected chi connectivity index (χ1v) is 11.9. The van der Waals surface area contributed by atoms with Crippen molar-refractivity contribution in [1.29, 1.82) is 0 Å². The molecule has 1 fully saturated rings. The Labute approximate surface area is 187 Å². The molecule has 1 aliphatic rings. The summed E-state index contributed by atoms with van der Waals surface area (Å²) in [4.78, 5) is 11.3. The van der Waals surface area contributed by atoms with Crippen LogP contribution < -0.4 is 10.0 Å². The number of aliphatic hydroxyl groups is 1. The molecule has 0 saturated heterocycles. The molecule has 3 rings (SSSR count). The van der Waals surface area contributed by atoms with Gasteiger partial charge in [0.1, 0.15) is 18.1 Å². The van der Waals surface area contributed by atoms with E-state index in [2.05, 4.69) is 10.0 Å². The molecule has 2 aromatic carbocycles. The molecule has 0 heterocycles. The molecule has 1 unspecified atom stereocenters. The summed E-state index contributed by atoms with van der Waals surface area (Å²) in [6.07, 6.45) is -1.03. The van der Waals surface area contributed by atoms with Crippen LogP contribution in [-0.4, -0.2) is 54.3 Å². The zero-order valence-corrected chi connectivity index (χ0v) is 18.2. The summed E-state index contributed by atoms with van der Waals surface area (Å²) in [5, 5.41) is 32.1. The highest BCUT2D eigenvalue weighted by Crippen LogP contribution is 2.24. The monoisotopic (exact) mass is 464 g/mol. The molecule has 10 heteroatoms. The lowest BCUT2D eigenvalue weighted by molar-refractivity contribution is -0.0896. The highest BCUT2D eigenvalue weighted by Gasteiger charge is 2.35. The van der Waals surface area contributed by atoms with Gasteiger partial charge >= 0.3 is 6.09 Å². The van der Waals surface area contributed by atoms with E-state index < -0.39 is 34.5 Å². The second-order valence-corrected chi connectivity index (χ2v) is 9.53. The third kappa shape index (κ3) is 6.67. The summed E-state index contributed by atoms with van der Waals surface area (Å²) in [5.41, 5.74) is 0.770. The normalized spacial score (nSPS) is 17.5. The number of hydrogen-bond acceptors (Lipinski definition) is 6. The summed E-state index contributed by atoms with van der Waals surface area (Å²) >= 11 is 0. The van der Waals surface area contributed by atoms with E-state index in [1.807, 2.05) is 6.07 Å². The van der Waals surface area contributed by atoms with Crippen molar-refractivity contribution in [1.82, 2.24) is 10.0 Å². The Morgan fingerprint density at radius 3 is 2.28 bits per heavy atom. The smallest absolute Gasteiger partial charge is 0.404 e. The number of phenols is 1. The first-order valence-electron chi connectivity index (χ1n) is 10.4. The van der Waals surface area contributed by atoms with Gasteiger partial charge in [-0.15, -0.1) is 0 Å². The number of sulfonamides is 1. The van der Waals surface area contributed by atoms with Crippen LogP contribution in [0, 0.1) is 0 Å². The zero-order valence-electron chi connectivity index (χ0n) is 17.4. The number of amides is 1. The van der Waals surface area contributed by atoms with Gasteiger partial charge in [0.25, 0.3) is 0 Å². The third-order valence-electron chi connectivity index (χ3n) is 5.39. The molecule has 1 amide bonds. The largest absolute Gasteiger partial charge is 0.508 e. The van der Waals surface area contributed by atoms with Crippen LogP contribution in [-0.2, 0) is 21.2 Å². The third-order valence-corrected chi connectivity index (χ3v) is 6.82. The first-order chi connectivity index (χ1) is 15.2. The highest BCUT2D eigenvalue weighted by atomic mass is 32.2. The van der Waals surface area contributed by atoms with E-state index in [0.717, 1.165) is 31.2 Å². The molecule has 174 valence electrons. The molecule has 1 aliphatic carbocycles. The van der Waals surface area contributed by atoms with E-state index in [1.54, 1.807) is 24.3 Å². The van der Waals surface area contributed by atoms with Crippen molar-refractivity contribution in [2.24, 2.45) is 0 Å². The van der Waals surface area contributed by atoms with E-state index >= 15 is 0 Å². The zero-order chi connectivity index (χ0) is 23.1.